The van der Waals surface area contributed by atoms with Crippen LogP contribution >= 0.6 is 34.2 Å². The number of likely N-dealkylation sites (tertiary alicyclic amines) is 2. The van der Waals surface area contributed by atoms with Crippen LogP contribution in [-0.4, -0.2) is 72.9 Å². The van der Waals surface area contributed by atoms with Gasteiger partial charge < -0.3 is 19.3 Å². The SMILES string of the molecule is O=C(O)[C@@H]1C[C@@H](F)CN1C(=O)c1cc(C2CC2)c(OCC2CCN(Cc3noc(-c4ccccc4Cl)n3)C(I)C2)cc1F. The smallest absolute Gasteiger partial charge is 0.326 e. The zero-order valence-corrected chi connectivity index (χ0v) is 26.0. The van der Waals surface area contributed by atoms with Crippen LogP contribution in [0.5, 0.6) is 5.75 Å². The van der Waals surface area contributed by atoms with Crippen LogP contribution in [0.2, 0.25) is 5.02 Å². The zero-order chi connectivity index (χ0) is 30.2. The highest BCUT2D eigenvalue weighted by Crippen LogP contribution is 2.45. The molecular weight excluding hydrogens is 697 g/mol. The number of amides is 1. The van der Waals surface area contributed by atoms with Gasteiger partial charge in [-0.05, 0) is 61.3 Å². The van der Waals surface area contributed by atoms with Crippen molar-refractivity contribution in [1.82, 2.24) is 19.9 Å². The molecule has 2 aromatic carbocycles. The van der Waals surface area contributed by atoms with Gasteiger partial charge in [-0.1, -0.05) is 51.5 Å². The molecular formula is C30H30ClF2IN4O5. The average molecular weight is 727 g/mol. The Morgan fingerprint density at radius 1 is 1.19 bits per heavy atom. The minimum atomic E-state index is -1.45. The van der Waals surface area contributed by atoms with E-state index in [1.807, 2.05) is 18.2 Å². The molecule has 1 N–H and O–H groups in total. The van der Waals surface area contributed by atoms with Crippen molar-refractivity contribution in [3.05, 3.63) is 64.2 Å². The van der Waals surface area contributed by atoms with Crippen LogP contribution in [-0.2, 0) is 11.3 Å². The Balaban J connectivity index is 1.08. The van der Waals surface area contributed by atoms with Crippen molar-refractivity contribution in [3.8, 4) is 17.2 Å². The molecule has 1 aliphatic carbocycles. The molecule has 1 aromatic heterocycles. The molecule has 1 amide bonds. The van der Waals surface area contributed by atoms with Crippen LogP contribution in [0, 0.1) is 11.7 Å². The third-order valence-electron chi connectivity index (χ3n) is 8.28. The van der Waals surface area contributed by atoms with E-state index in [-0.39, 0.29) is 34.4 Å². The maximum Gasteiger partial charge on any atom is 0.326 e. The molecule has 0 spiro atoms. The van der Waals surface area contributed by atoms with E-state index in [0.29, 0.717) is 41.2 Å². The second-order valence-corrected chi connectivity index (χ2v) is 13.2. The molecule has 13 heteroatoms. The predicted octanol–water partition coefficient (Wildman–Crippen LogP) is 6.10. The van der Waals surface area contributed by atoms with Crippen molar-refractivity contribution in [1.29, 1.82) is 0 Å². The van der Waals surface area contributed by atoms with Crippen molar-refractivity contribution in [2.24, 2.45) is 5.92 Å². The van der Waals surface area contributed by atoms with Gasteiger partial charge in [-0.25, -0.2) is 13.6 Å². The Bertz CT molecular complexity index is 1520. The van der Waals surface area contributed by atoms with E-state index in [1.165, 1.54) is 12.1 Å². The number of carbonyl (C=O) groups is 2. The second-order valence-electron chi connectivity index (χ2n) is 11.4. The van der Waals surface area contributed by atoms with Crippen molar-refractivity contribution in [3.63, 3.8) is 0 Å². The quantitative estimate of drug-likeness (QED) is 0.160. The Morgan fingerprint density at radius 2 is 1.98 bits per heavy atom. The number of benzene rings is 2. The monoisotopic (exact) mass is 726 g/mol. The molecule has 2 aliphatic heterocycles. The van der Waals surface area contributed by atoms with E-state index in [9.17, 15) is 19.1 Å². The van der Waals surface area contributed by atoms with Gasteiger partial charge in [0.2, 0.25) is 0 Å². The molecule has 2 unspecified atom stereocenters. The van der Waals surface area contributed by atoms with Gasteiger partial charge in [0.05, 0.1) is 39.9 Å². The van der Waals surface area contributed by atoms with Gasteiger partial charge in [0.25, 0.3) is 11.8 Å². The Hall–Kier alpha value is -2.84. The molecule has 2 saturated heterocycles. The fourth-order valence-electron chi connectivity index (χ4n) is 5.78. The first-order chi connectivity index (χ1) is 20.7. The summed E-state index contributed by atoms with van der Waals surface area (Å²) in [6.07, 6.45) is 1.75. The number of carboxylic acid groups (broad SMARTS) is 1. The number of hydrogen-bond donors (Lipinski definition) is 1. The normalized spacial score (nSPS) is 24.3. The number of aliphatic carboxylic acids is 1. The van der Waals surface area contributed by atoms with Crippen LogP contribution in [0.4, 0.5) is 8.78 Å². The van der Waals surface area contributed by atoms with E-state index in [1.54, 1.807) is 6.07 Å². The summed E-state index contributed by atoms with van der Waals surface area (Å²) in [4.78, 5) is 32.4. The Morgan fingerprint density at radius 3 is 2.70 bits per heavy atom. The minimum absolute atomic E-state index is 0.148. The first-order valence-corrected chi connectivity index (χ1v) is 15.9. The summed E-state index contributed by atoms with van der Waals surface area (Å²) in [5.41, 5.74) is 1.19. The largest absolute Gasteiger partial charge is 0.493 e. The van der Waals surface area contributed by atoms with Crippen LogP contribution < -0.4 is 4.74 Å². The third-order valence-corrected chi connectivity index (χ3v) is 9.91. The van der Waals surface area contributed by atoms with E-state index >= 15 is 4.39 Å². The third kappa shape index (κ3) is 6.65. The van der Waals surface area contributed by atoms with Gasteiger partial charge in [-0.2, -0.15) is 4.98 Å². The fourth-order valence-corrected chi connectivity index (χ4v) is 7.19. The van der Waals surface area contributed by atoms with Gasteiger partial charge in [-0.3, -0.25) is 9.69 Å². The predicted molar refractivity (Wildman–Crippen MR) is 162 cm³/mol. The van der Waals surface area contributed by atoms with Crippen molar-refractivity contribution >= 4 is 46.1 Å². The molecule has 3 heterocycles. The first-order valence-electron chi connectivity index (χ1n) is 14.3. The summed E-state index contributed by atoms with van der Waals surface area (Å²) in [5.74, 6) is -1.15. The number of ether oxygens (including phenoxy) is 1. The van der Waals surface area contributed by atoms with Crippen LogP contribution in [0.1, 0.15) is 59.8 Å². The number of halogens is 4. The van der Waals surface area contributed by atoms with Crippen LogP contribution in [0.15, 0.2) is 40.9 Å². The standard InChI is InChI=1S/C30H30ClF2IN4O5/c31-22-4-2-1-3-19(22)28-35-27(36-43-28)14-37-8-7-16(9-26(37)34)15-42-25-12-23(33)21(11-20(25)17-5-6-17)29(39)38-13-18(32)10-24(38)30(40)41/h1-4,11-12,16-18,24,26H,5-10,13-15H2,(H,40,41)/t16?,18-,24+,26?/m1/s1. The molecule has 6 rings (SSSR count). The number of carbonyl (C=O) groups excluding carboxylic acids is 1. The van der Waals surface area contributed by atoms with E-state index in [2.05, 4.69) is 37.6 Å². The van der Waals surface area contributed by atoms with E-state index < -0.39 is 29.9 Å². The van der Waals surface area contributed by atoms with Crippen LogP contribution in [0.3, 0.4) is 0 Å². The van der Waals surface area contributed by atoms with Crippen molar-refractivity contribution in [2.45, 2.75) is 60.8 Å². The molecule has 1 saturated carbocycles. The number of carboxylic acids is 1. The molecule has 3 aromatic rings. The summed E-state index contributed by atoms with van der Waals surface area (Å²) < 4.78 is 41.0. The van der Waals surface area contributed by atoms with Gasteiger partial charge in [0.15, 0.2) is 5.82 Å². The number of nitrogens with zero attached hydrogens (tertiary/aromatic N) is 4. The van der Waals surface area contributed by atoms with Gasteiger partial charge >= 0.3 is 5.97 Å². The zero-order valence-electron chi connectivity index (χ0n) is 23.1. The minimum Gasteiger partial charge on any atom is -0.493 e. The lowest BCUT2D eigenvalue weighted by molar-refractivity contribution is -0.141. The van der Waals surface area contributed by atoms with Gasteiger partial charge in [0.1, 0.15) is 23.8 Å². The van der Waals surface area contributed by atoms with Gasteiger partial charge in [0, 0.05) is 19.0 Å². The molecule has 3 aliphatic rings. The average Bonchev–Trinajstić information content (AvgIpc) is 3.59. The highest BCUT2D eigenvalue weighted by molar-refractivity contribution is 14.1. The Kier molecular flexibility index (Phi) is 8.88. The molecule has 3 fully saturated rings. The van der Waals surface area contributed by atoms with E-state index in [0.717, 1.165) is 42.7 Å². The Labute approximate surface area is 265 Å². The lowest BCUT2D eigenvalue weighted by Crippen LogP contribution is -2.41. The van der Waals surface area contributed by atoms with Crippen molar-refractivity contribution < 1.29 is 32.7 Å². The summed E-state index contributed by atoms with van der Waals surface area (Å²) in [6, 6.07) is 8.70. The first kappa shape index (κ1) is 30.2. The number of alkyl halides is 2. The fraction of sp³-hybridized carbons (Fsp3) is 0.467. The topological polar surface area (TPSA) is 109 Å². The molecule has 228 valence electrons. The number of piperidine rings is 1. The molecule has 0 bridgehead atoms. The van der Waals surface area contributed by atoms with E-state index in [4.69, 9.17) is 20.9 Å². The molecule has 9 nitrogen and oxygen atoms in total. The lowest BCUT2D eigenvalue weighted by Gasteiger charge is -2.35. The summed E-state index contributed by atoms with van der Waals surface area (Å²) >= 11 is 8.66. The second kappa shape index (κ2) is 12.6. The van der Waals surface area contributed by atoms with Crippen molar-refractivity contribution in [2.75, 3.05) is 19.7 Å². The van der Waals surface area contributed by atoms with Gasteiger partial charge in [-0.15, -0.1) is 0 Å². The number of hydrogen-bond acceptors (Lipinski definition) is 7. The summed E-state index contributed by atoms with van der Waals surface area (Å²) in [5, 5.41) is 14.1. The molecule has 0 radical (unpaired) electrons. The maximum atomic E-state index is 15.3. The summed E-state index contributed by atoms with van der Waals surface area (Å²) in [7, 11) is 0. The highest BCUT2D eigenvalue weighted by atomic mass is 127. The lowest BCUT2D eigenvalue weighted by atomic mass is 9.97. The summed E-state index contributed by atoms with van der Waals surface area (Å²) in [6.45, 7) is 1.36. The highest BCUT2D eigenvalue weighted by Gasteiger charge is 2.41. The molecule has 43 heavy (non-hydrogen) atoms. The maximum absolute atomic E-state index is 15.3. The number of rotatable bonds is 9. The number of aromatic nitrogens is 2. The van der Waals surface area contributed by atoms with Crippen LogP contribution in [0.25, 0.3) is 11.5 Å². The molecule has 4 atom stereocenters.